The fourth-order valence-corrected chi connectivity index (χ4v) is 4.67. The summed E-state index contributed by atoms with van der Waals surface area (Å²) in [5.74, 6) is 0.988. The highest BCUT2D eigenvalue weighted by molar-refractivity contribution is 5.95. The van der Waals surface area contributed by atoms with Crippen molar-refractivity contribution in [2.45, 2.75) is 32.7 Å². The number of methoxy groups -OCH3 is 2. The zero-order valence-corrected chi connectivity index (χ0v) is 25.8. The first-order chi connectivity index (χ1) is 22.3. The number of nitriles is 1. The summed E-state index contributed by atoms with van der Waals surface area (Å²) in [6.07, 6.45) is 0.266. The van der Waals surface area contributed by atoms with Gasteiger partial charge in [-0.1, -0.05) is 30.3 Å². The number of hydrogen-bond donors (Lipinski definition) is 4. The summed E-state index contributed by atoms with van der Waals surface area (Å²) in [7, 11) is 2.79. The molecule has 3 aromatic rings. The molecule has 4 rings (SSSR count). The highest BCUT2D eigenvalue weighted by Gasteiger charge is 2.32. The van der Waals surface area contributed by atoms with Crippen molar-refractivity contribution in [2.24, 2.45) is 5.10 Å². The quantitative estimate of drug-likeness (QED) is 0.0892. The van der Waals surface area contributed by atoms with Crippen molar-refractivity contribution in [3.05, 3.63) is 94.2 Å². The van der Waals surface area contributed by atoms with Gasteiger partial charge in [-0.15, -0.1) is 0 Å². The third kappa shape index (κ3) is 8.04. The number of benzene rings is 3. The number of nitrogens with zero attached hydrogens (tertiary/aromatic N) is 2. The Morgan fingerprint density at radius 3 is 2.63 bits per heavy atom. The Bertz CT molecular complexity index is 1670. The smallest absolute Gasteiger partial charge is 0.337 e. The summed E-state index contributed by atoms with van der Waals surface area (Å²) in [4.78, 5) is 24.6. The maximum atomic E-state index is 12.5. The molecule has 0 spiro atoms. The predicted molar refractivity (Wildman–Crippen MR) is 167 cm³/mol. The first-order valence-electron chi connectivity index (χ1n) is 14.3. The second-order valence-corrected chi connectivity index (χ2v) is 9.85. The second-order valence-electron chi connectivity index (χ2n) is 9.85. The van der Waals surface area contributed by atoms with Gasteiger partial charge in [-0.3, -0.25) is 5.43 Å². The number of aliphatic hydroxyl groups excluding tert-OH is 1. The molecule has 13 nitrogen and oxygen atoms in total. The van der Waals surface area contributed by atoms with Crippen LogP contribution in [0, 0.1) is 11.3 Å². The van der Waals surface area contributed by atoms with Crippen LogP contribution < -0.4 is 35.0 Å². The summed E-state index contributed by atoms with van der Waals surface area (Å²) >= 11 is 0. The molecule has 0 unspecified atom stereocenters. The van der Waals surface area contributed by atoms with E-state index in [0.29, 0.717) is 52.0 Å². The molecule has 0 aromatic heterocycles. The third-order valence-corrected chi connectivity index (χ3v) is 6.84. The van der Waals surface area contributed by atoms with E-state index in [2.05, 4.69) is 27.2 Å². The van der Waals surface area contributed by atoms with Crippen LogP contribution in [0.25, 0.3) is 0 Å². The topological polar surface area (TPSA) is 173 Å². The SMILES string of the molecule is CCOc1cc([C@H]2NC(=O)NC(C)=C2C(=O)OC)ccc1OC[C@H](O)N/N=C/c1cccc(OC)c1OCc1ccccc1C#N. The largest absolute Gasteiger partial charge is 0.493 e. The highest BCUT2D eigenvalue weighted by atomic mass is 16.5. The number of rotatable bonds is 14. The van der Waals surface area contributed by atoms with Gasteiger partial charge in [0.1, 0.15) is 13.2 Å². The molecule has 1 heterocycles. The monoisotopic (exact) mass is 629 g/mol. The number of aliphatic hydroxyl groups is 1. The van der Waals surface area contributed by atoms with E-state index in [-0.39, 0.29) is 18.8 Å². The molecule has 1 aliphatic heterocycles. The lowest BCUT2D eigenvalue weighted by molar-refractivity contribution is -0.136. The van der Waals surface area contributed by atoms with E-state index in [0.717, 1.165) is 5.56 Å². The highest BCUT2D eigenvalue weighted by Crippen LogP contribution is 2.35. The number of hydrazone groups is 1. The number of allylic oxidation sites excluding steroid dienone is 1. The van der Waals surface area contributed by atoms with Gasteiger partial charge < -0.3 is 39.4 Å². The molecular formula is C33H35N5O8. The Hall–Kier alpha value is -5.74. The van der Waals surface area contributed by atoms with Crippen molar-refractivity contribution in [2.75, 3.05) is 27.4 Å². The lowest BCUT2D eigenvalue weighted by Crippen LogP contribution is -2.45. The van der Waals surface area contributed by atoms with Crippen molar-refractivity contribution < 1.29 is 38.4 Å². The van der Waals surface area contributed by atoms with Crippen LogP contribution in [0.1, 0.15) is 42.1 Å². The van der Waals surface area contributed by atoms with Crippen molar-refractivity contribution >= 4 is 18.2 Å². The standard InChI is InChI=1S/C33H35N5O8/c1-5-44-27-15-21(30-29(32(40)43-4)20(2)36-33(41)37-30)13-14-25(27)45-19-28(39)38-35-17-23-11-8-12-26(42-3)31(23)46-18-24-10-7-6-9-22(24)16-34/h6-15,17,28,30,38-39H,5,18-19H2,1-4H3,(H2,36,37,41)/b35-17+/t28-,30+/m0/s1. The molecule has 0 saturated carbocycles. The van der Waals surface area contributed by atoms with Crippen LogP contribution >= 0.6 is 0 Å². The number of esters is 1. The molecule has 0 fully saturated rings. The van der Waals surface area contributed by atoms with E-state index in [4.69, 9.17) is 23.7 Å². The van der Waals surface area contributed by atoms with Gasteiger partial charge in [0.25, 0.3) is 0 Å². The minimum Gasteiger partial charge on any atom is -0.493 e. The number of urea groups is 1. The Kier molecular flexibility index (Phi) is 11.4. The Balaban J connectivity index is 1.43. The van der Waals surface area contributed by atoms with Gasteiger partial charge in [-0.25, -0.2) is 9.59 Å². The molecule has 1 aliphatic rings. The predicted octanol–water partition coefficient (Wildman–Crippen LogP) is 3.67. The fourth-order valence-electron chi connectivity index (χ4n) is 4.67. The maximum Gasteiger partial charge on any atom is 0.337 e. The lowest BCUT2D eigenvalue weighted by atomic mass is 9.95. The third-order valence-electron chi connectivity index (χ3n) is 6.84. The van der Waals surface area contributed by atoms with Gasteiger partial charge in [0.15, 0.2) is 29.2 Å². The van der Waals surface area contributed by atoms with E-state index in [1.165, 1.54) is 20.4 Å². The van der Waals surface area contributed by atoms with Gasteiger partial charge in [-0.05, 0) is 49.7 Å². The molecule has 0 bridgehead atoms. The van der Waals surface area contributed by atoms with E-state index >= 15 is 0 Å². The number of ether oxygens (including phenoxy) is 5. The summed E-state index contributed by atoms with van der Waals surface area (Å²) in [6.45, 7) is 3.68. The summed E-state index contributed by atoms with van der Waals surface area (Å²) < 4.78 is 28.0. The summed E-state index contributed by atoms with van der Waals surface area (Å²) in [5, 5.41) is 29.4. The van der Waals surface area contributed by atoms with Crippen LogP contribution in [0.3, 0.4) is 0 Å². The number of para-hydroxylation sites is 1. The number of hydrogen-bond acceptors (Lipinski definition) is 11. The van der Waals surface area contributed by atoms with Crippen molar-refractivity contribution in [3.63, 3.8) is 0 Å². The fraction of sp³-hybridized carbons (Fsp3) is 0.273. The molecule has 2 atom stereocenters. The number of amides is 2. The normalized spacial score (nSPS) is 14.9. The van der Waals surface area contributed by atoms with Gasteiger partial charge in [0.05, 0.1) is 50.3 Å². The van der Waals surface area contributed by atoms with Crippen molar-refractivity contribution in [1.29, 1.82) is 5.26 Å². The number of carbonyl (C=O) groups excluding carboxylic acids is 2. The van der Waals surface area contributed by atoms with Crippen LogP contribution in [0.5, 0.6) is 23.0 Å². The molecule has 0 saturated heterocycles. The molecule has 13 heteroatoms. The minimum atomic E-state index is -1.21. The molecule has 46 heavy (non-hydrogen) atoms. The molecule has 3 aromatic carbocycles. The second kappa shape index (κ2) is 15.8. The Morgan fingerprint density at radius 2 is 1.89 bits per heavy atom. The maximum absolute atomic E-state index is 12.5. The van der Waals surface area contributed by atoms with E-state index in [1.807, 2.05) is 12.1 Å². The molecule has 4 N–H and O–H groups in total. The van der Waals surface area contributed by atoms with Crippen LogP contribution in [0.15, 0.2) is 77.0 Å². The van der Waals surface area contributed by atoms with Crippen LogP contribution in [0.4, 0.5) is 4.79 Å². The molecule has 240 valence electrons. The van der Waals surface area contributed by atoms with E-state index in [9.17, 15) is 20.0 Å². The zero-order valence-electron chi connectivity index (χ0n) is 25.8. The van der Waals surface area contributed by atoms with Gasteiger partial charge in [0.2, 0.25) is 0 Å². The lowest BCUT2D eigenvalue weighted by Gasteiger charge is -2.28. The summed E-state index contributed by atoms with van der Waals surface area (Å²) in [6, 6.07) is 18.3. The number of carbonyl (C=O) groups is 2. The number of nitrogens with one attached hydrogen (secondary N) is 3. The van der Waals surface area contributed by atoms with Gasteiger partial charge in [0, 0.05) is 16.8 Å². The van der Waals surface area contributed by atoms with Crippen molar-refractivity contribution in [3.8, 4) is 29.1 Å². The molecule has 0 radical (unpaired) electrons. The Morgan fingerprint density at radius 1 is 1.09 bits per heavy atom. The first kappa shape index (κ1) is 33.2. The van der Waals surface area contributed by atoms with Crippen LogP contribution in [0.2, 0.25) is 0 Å². The van der Waals surface area contributed by atoms with Crippen molar-refractivity contribution in [1.82, 2.24) is 16.1 Å². The van der Waals surface area contributed by atoms with Gasteiger partial charge >= 0.3 is 12.0 Å². The zero-order chi connectivity index (χ0) is 33.1. The molecule has 2 amide bonds. The average Bonchev–Trinajstić information content (AvgIpc) is 3.06. The van der Waals surface area contributed by atoms with E-state index in [1.54, 1.807) is 62.4 Å². The first-order valence-corrected chi connectivity index (χ1v) is 14.3. The molecule has 0 aliphatic carbocycles. The minimum absolute atomic E-state index is 0.139. The average molecular weight is 630 g/mol. The summed E-state index contributed by atoms with van der Waals surface area (Å²) in [5.41, 5.74) is 5.63. The van der Waals surface area contributed by atoms with E-state index < -0.39 is 24.3 Å². The van der Waals surface area contributed by atoms with Crippen LogP contribution in [-0.4, -0.2) is 57.0 Å². The Labute approximate surface area is 266 Å². The molecular weight excluding hydrogens is 594 g/mol. The van der Waals surface area contributed by atoms with Crippen LogP contribution in [-0.2, 0) is 16.1 Å². The van der Waals surface area contributed by atoms with Gasteiger partial charge in [-0.2, -0.15) is 10.4 Å².